The van der Waals surface area contributed by atoms with Gasteiger partial charge < -0.3 is 14.7 Å². The second-order valence-electron chi connectivity index (χ2n) is 9.64. The fourth-order valence-electron chi connectivity index (χ4n) is 5.20. The monoisotopic (exact) mass is 512 g/mol. The fourth-order valence-corrected chi connectivity index (χ4v) is 5.20. The van der Waals surface area contributed by atoms with Gasteiger partial charge in [-0.3, -0.25) is 14.5 Å². The predicted molar refractivity (Wildman–Crippen MR) is 153 cm³/mol. The number of benzene rings is 3. The third-order valence-corrected chi connectivity index (χ3v) is 7.14. The maximum absolute atomic E-state index is 13.5. The van der Waals surface area contributed by atoms with Crippen LogP contribution in [-0.4, -0.2) is 36.5 Å². The van der Waals surface area contributed by atoms with Gasteiger partial charge in [0.2, 0.25) is 0 Å². The molecule has 0 bridgehead atoms. The minimum absolute atomic E-state index is 0.0779. The van der Waals surface area contributed by atoms with Crippen LogP contribution in [0.25, 0.3) is 5.76 Å². The molecule has 38 heavy (non-hydrogen) atoms. The average molecular weight is 513 g/mol. The van der Waals surface area contributed by atoms with Crippen LogP contribution in [0.5, 0.6) is 5.75 Å². The molecule has 1 heterocycles. The van der Waals surface area contributed by atoms with Crippen molar-refractivity contribution in [1.82, 2.24) is 0 Å². The number of hydrogen-bond donors (Lipinski definition) is 1. The van der Waals surface area contributed by atoms with Crippen molar-refractivity contribution >= 4 is 28.8 Å². The lowest BCUT2D eigenvalue weighted by molar-refractivity contribution is -0.132. The lowest BCUT2D eigenvalue weighted by Gasteiger charge is -2.28. The van der Waals surface area contributed by atoms with E-state index in [1.165, 1.54) is 4.90 Å². The highest BCUT2D eigenvalue weighted by Crippen LogP contribution is 2.43. The smallest absolute Gasteiger partial charge is 0.300 e. The Morgan fingerprint density at radius 1 is 0.895 bits per heavy atom. The zero-order valence-corrected chi connectivity index (χ0v) is 23.0. The molecule has 1 atom stereocenters. The molecule has 3 aromatic rings. The van der Waals surface area contributed by atoms with Gasteiger partial charge in [0.25, 0.3) is 11.7 Å². The third-order valence-electron chi connectivity index (χ3n) is 7.14. The minimum atomic E-state index is -0.769. The molecule has 6 nitrogen and oxygen atoms in total. The molecule has 1 aliphatic rings. The molecular formula is C32H36N2O4. The second-order valence-corrected chi connectivity index (χ2v) is 9.64. The van der Waals surface area contributed by atoms with E-state index in [0.717, 1.165) is 41.0 Å². The first-order valence-corrected chi connectivity index (χ1v) is 13.2. The molecule has 0 saturated carbocycles. The number of carbonyl (C=O) groups is 2. The van der Waals surface area contributed by atoms with E-state index in [4.69, 9.17) is 4.74 Å². The van der Waals surface area contributed by atoms with Crippen LogP contribution in [0, 0.1) is 20.8 Å². The summed E-state index contributed by atoms with van der Waals surface area (Å²) in [6, 6.07) is 18.2. The summed E-state index contributed by atoms with van der Waals surface area (Å²) in [7, 11) is 0. The molecule has 198 valence electrons. The Morgan fingerprint density at radius 3 is 2.16 bits per heavy atom. The Hall–Kier alpha value is -4.06. The molecule has 1 amide bonds. The van der Waals surface area contributed by atoms with E-state index < -0.39 is 17.7 Å². The number of aliphatic hydroxyl groups is 1. The Bertz CT molecular complexity index is 1390. The van der Waals surface area contributed by atoms with E-state index in [2.05, 4.69) is 18.7 Å². The lowest BCUT2D eigenvalue weighted by atomic mass is 9.94. The summed E-state index contributed by atoms with van der Waals surface area (Å²) < 4.78 is 5.64. The molecule has 0 spiro atoms. The van der Waals surface area contributed by atoms with Crippen molar-refractivity contribution in [2.75, 3.05) is 29.5 Å². The zero-order valence-electron chi connectivity index (χ0n) is 23.0. The maximum Gasteiger partial charge on any atom is 0.300 e. The largest absolute Gasteiger partial charge is 0.507 e. The Morgan fingerprint density at radius 2 is 1.58 bits per heavy atom. The Balaban J connectivity index is 1.91. The maximum atomic E-state index is 13.5. The summed E-state index contributed by atoms with van der Waals surface area (Å²) in [6.45, 7) is 14.2. The number of ketones is 1. The first-order chi connectivity index (χ1) is 18.2. The molecule has 0 radical (unpaired) electrons. The van der Waals surface area contributed by atoms with Crippen LogP contribution < -0.4 is 14.5 Å². The van der Waals surface area contributed by atoms with Crippen LogP contribution in [0.4, 0.5) is 11.4 Å². The number of nitrogens with zero attached hydrogens (tertiary/aromatic N) is 2. The van der Waals surface area contributed by atoms with Crippen molar-refractivity contribution in [2.24, 2.45) is 0 Å². The van der Waals surface area contributed by atoms with Gasteiger partial charge in [0.15, 0.2) is 0 Å². The zero-order chi connectivity index (χ0) is 27.6. The molecule has 1 aliphatic heterocycles. The van der Waals surface area contributed by atoms with Gasteiger partial charge in [0.05, 0.1) is 18.2 Å². The van der Waals surface area contributed by atoms with Crippen molar-refractivity contribution in [3.05, 3.63) is 94.1 Å². The van der Waals surface area contributed by atoms with Crippen LogP contribution in [0.1, 0.15) is 54.6 Å². The van der Waals surface area contributed by atoms with Gasteiger partial charge >= 0.3 is 0 Å². The average Bonchev–Trinajstić information content (AvgIpc) is 3.16. The van der Waals surface area contributed by atoms with Gasteiger partial charge in [-0.2, -0.15) is 0 Å². The van der Waals surface area contributed by atoms with Gasteiger partial charge in [0, 0.05) is 30.0 Å². The number of carbonyl (C=O) groups excluding carboxylic acids is 2. The topological polar surface area (TPSA) is 70.1 Å². The SMILES string of the molecule is CCOc1ccc(/C(O)=C2\C(=O)C(=O)N(c3ccc(C)cc3C)C2c2ccc(N(CC)CC)cc2)cc1C. The minimum Gasteiger partial charge on any atom is -0.507 e. The summed E-state index contributed by atoms with van der Waals surface area (Å²) in [5.41, 5.74) is 5.79. The summed E-state index contributed by atoms with van der Waals surface area (Å²) in [5.74, 6) is -0.839. The van der Waals surface area contributed by atoms with E-state index in [1.54, 1.807) is 18.2 Å². The standard InChI is InChI=1S/C32H36N2O4/c1-7-33(8-2)25-14-11-23(12-15-25)29-28(30(35)24-13-17-27(38-9-3)22(6)19-24)31(36)32(37)34(29)26-16-10-20(4)18-21(26)5/h10-19,29,35H,7-9H2,1-6H3/b30-28+. The number of hydrogen-bond acceptors (Lipinski definition) is 5. The van der Waals surface area contributed by atoms with Gasteiger partial charge in [-0.15, -0.1) is 0 Å². The summed E-state index contributed by atoms with van der Waals surface area (Å²) >= 11 is 0. The summed E-state index contributed by atoms with van der Waals surface area (Å²) in [6.07, 6.45) is 0. The molecule has 1 N–H and O–H groups in total. The normalized spacial score (nSPS) is 16.7. The second kappa shape index (κ2) is 11.1. The first-order valence-electron chi connectivity index (χ1n) is 13.2. The Kier molecular flexibility index (Phi) is 7.91. The van der Waals surface area contributed by atoms with Crippen LogP contribution in [-0.2, 0) is 9.59 Å². The van der Waals surface area contributed by atoms with Crippen molar-refractivity contribution in [2.45, 2.75) is 47.6 Å². The van der Waals surface area contributed by atoms with Crippen molar-refractivity contribution in [3.8, 4) is 5.75 Å². The van der Waals surface area contributed by atoms with Crippen LogP contribution >= 0.6 is 0 Å². The van der Waals surface area contributed by atoms with Gasteiger partial charge in [-0.05, 0) is 94.6 Å². The predicted octanol–water partition coefficient (Wildman–Crippen LogP) is 6.48. The number of amides is 1. The number of Topliss-reactive ketones (excluding diaryl/α,β-unsaturated/α-hetero) is 1. The molecule has 3 aromatic carbocycles. The molecular weight excluding hydrogens is 476 g/mol. The third kappa shape index (κ3) is 4.91. The van der Waals surface area contributed by atoms with E-state index in [9.17, 15) is 14.7 Å². The van der Waals surface area contributed by atoms with E-state index >= 15 is 0 Å². The number of ether oxygens (including phenoxy) is 1. The van der Waals surface area contributed by atoms with E-state index in [-0.39, 0.29) is 11.3 Å². The molecule has 4 rings (SSSR count). The van der Waals surface area contributed by atoms with Crippen molar-refractivity contribution in [3.63, 3.8) is 0 Å². The summed E-state index contributed by atoms with van der Waals surface area (Å²) in [5, 5.41) is 11.5. The van der Waals surface area contributed by atoms with Gasteiger partial charge in [-0.25, -0.2) is 0 Å². The van der Waals surface area contributed by atoms with Crippen LogP contribution in [0.2, 0.25) is 0 Å². The molecule has 1 fully saturated rings. The highest BCUT2D eigenvalue weighted by Gasteiger charge is 2.47. The van der Waals surface area contributed by atoms with Crippen LogP contribution in [0.15, 0.2) is 66.2 Å². The van der Waals surface area contributed by atoms with Gasteiger partial charge in [0.1, 0.15) is 11.5 Å². The molecule has 1 unspecified atom stereocenters. The highest BCUT2D eigenvalue weighted by molar-refractivity contribution is 6.51. The quantitative estimate of drug-likeness (QED) is 0.212. The number of rotatable bonds is 8. The number of aliphatic hydroxyl groups excluding tert-OH is 1. The van der Waals surface area contributed by atoms with Crippen molar-refractivity contribution in [1.29, 1.82) is 0 Å². The summed E-state index contributed by atoms with van der Waals surface area (Å²) in [4.78, 5) is 30.8. The number of anilines is 2. The van der Waals surface area contributed by atoms with Gasteiger partial charge in [-0.1, -0.05) is 29.8 Å². The molecule has 0 aromatic heterocycles. The van der Waals surface area contributed by atoms with E-state index in [0.29, 0.717) is 23.6 Å². The molecule has 0 aliphatic carbocycles. The molecule has 6 heteroatoms. The first kappa shape index (κ1) is 27.0. The highest BCUT2D eigenvalue weighted by atomic mass is 16.5. The molecule has 1 saturated heterocycles. The van der Waals surface area contributed by atoms with Crippen LogP contribution in [0.3, 0.4) is 0 Å². The number of aryl methyl sites for hydroxylation is 3. The van der Waals surface area contributed by atoms with Crippen molar-refractivity contribution < 1.29 is 19.4 Å². The lowest BCUT2D eigenvalue weighted by Crippen LogP contribution is -2.30. The fraction of sp³-hybridized carbons (Fsp3) is 0.312. The van der Waals surface area contributed by atoms with E-state index in [1.807, 2.05) is 70.2 Å². The Labute approximate surface area is 225 Å².